The first-order chi connectivity index (χ1) is 13.8. The Hall–Kier alpha value is -3.16. The van der Waals surface area contributed by atoms with E-state index in [9.17, 15) is 4.79 Å². The van der Waals surface area contributed by atoms with Gasteiger partial charge in [0.2, 0.25) is 0 Å². The summed E-state index contributed by atoms with van der Waals surface area (Å²) >= 11 is 3.05. The number of aromatic nitrogens is 3. The molecule has 1 aromatic carbocycles. The van der Waals surface area contributed by atoms with Crippen molar-refractivity contribution < 1.29 is 4.79 Å². The maximum absolute atomic E-state index is 12.6. The van der Waals surface area contributed by atoms with Gasteiger partial charge in [-0.25, -0.2) is 9.97 Å². The van der Waals surface area contributed by atoms with Crippen molar-refractivity contribution >= 4 is 49.5 Å². The minimum absolute atomic E-state index is 0.130. The van der Waals surface area contributed by atoms with Gasteiger partial charge in [-0.05, 0) is 29.8 Å². The molecule has 4 aromatic rings. The number of benzene rings is 1. The first kappa shape index (κ1) is 17.0. The molecule has 0 saturated heterocycles. The molecule has 3 heterocycles. The molecule has 0 unspecified atom stereocenters. The maximum atomic E-state index is 12.6. The van der Waals surface area contributed by atoms with Crippen LogP contribution in [-0.2, 0) is 4.79 Å². The van der Waals surface area contributed by atoms with Gasteiger partial charge in [-0.15, -0.1) is 22.7 Å². The predicted molar refractivity (Wildman–Crippen MR) is 114 cm³/mol. The molecule has 5 nitrogen and oxygen atoms in total. The number of nitrogens with zero attached hydrogens (tertiary/aromatic N) is 3. The van der Waals surface area contributed by atoms with Crippen molar-refractivity contribution in [1.82, 2.24) is 15.0 Å². The number of hydrogen-bond acceptors (Lipinski definition) is 6. The van der Waals surface area contributed by atoms with Crippen molar-refractivity contribution in [3.05, 3.63) is 76.8 Å². The van der Waals surface area contributed by atoms with Crippen molar-refractivity contribution in [3.63, 3.8) is 0 Å². The number of anilines is 1. The highest BCUT2D eigenvalue weighted by Crippen LogP contribution is 2.34. The van der Waals surface area contributed by atoms with Crippen LogP contribution in [0.2, 0.25) is 0 Å². The summed E-state index contributed by atoms with van der Waals surface area (Å²) in [4.78, 5) is 26.1. The van der Waals surface area contributed by atoms with Gasteiger partial charge in [-0.1, -0.05) is 30.4 Å². The van der Waals surface area contributed by atoms with Crippen LogP contribution < -0.4 is 5.32 Å². The lowest BCUT2D eigenvalue weighted by Gasteiger charge is -2.03. The summed E-state index contributed by atoms with van der Waals surface area (Å²) in [5, 5.41) is 6.32. The molecule has 0 atom stereocenters. The average molecular weight is 403 g/mol. The van der Waals surface area contributed by atoms with E-state index < -0.39 is 0 Å². The van der Waals surface area contributed by atoms with Crippen molar-refractivity contribution in [1.29, 1.82) is 0 Å². The lowest BCUT2D eigenvalue weighted by atomic mass is 10.1. The summed E-state index contributed by atoms with van der Waals surface area (Å²) in [6, 6.07) is 13.7. The molecule has 1 N–H and O–H groups in total. The monoisotopic (exact) mass is 402 g/mol. The number of rotatable bonds is 4. The van der Waals surface area contributed by atoms with Gasteiger partial charge in [0, 0.05) is 23.6 Å². The van der Waals surface area contributed by atoms with Crippen LogP contribution in [0.5, 0.6) is 0 Å². The number of carbonyl (C=O) groups excluding carboxylic acids is 1. The molecule has 1 aliphatic rings. The van der Waals surface area contributed by atoms with E-state index in [1.54, 1.807) is 17.5 Å². The number of thiazole rings is 2. The quantitative estimate of drug-likeness (QED) is 0.511. The Morgan fingerprint density at radius 1 is 1.00 bits per heavy atom. The molecular formula is C21H14N4OS2. The molecule has 136 valence electrons. The lowest BCUT2D eigenvalue weighted by Crippen LogP contribution is -2.13. The van der Waals surface area contributed by atoms with E-state index in [0.717, 1.165) is 32.2 Å². The van der Waals surface area contributed by atoms with Crippen LogP contribution in [0.4, 0.5) is 5.13 Å². The zero-order chi connectivity index (χ0) is 18.9. The van der Waals surface area contributed by atoms with E-state index in [1.807, 2.05) is 53.9 Å². The molecule has 5 rings (SSSR count). The Kier molecular flexibility index (Phi) is 4.31. The third kappa shape index (κ3) is 3.26. The summed E-state index contributed by atoms with van der Waals surface area (Å²) in [7, 11) is 0. The fourth-order valence-corrected chi connectivity index (χ4v) is 4.66. The number of nitrogens with one attached hydrogen (secondary N) is 1. The molecular weight excluding hydrogens is 388 g/mol. The minimum atomic E-state index is -0.130. The fraction of sp³-hybridized carbons (Fsp3) is 0.0476. The summed E-state index contributed by atoms with van der Waals surface area (Å²) in [5.41, 5.74) is 4.32. The third-order valence-electron chi connectivity index (χ3n) is 4.38. The van der Waals surface area contributed by atoms with Gasteiger partial charge >= 0.3 is 0 Å². The summed E-state index contributed by atoms with van der Waals surface area (Å²) in [6.07, 6.45) is 6.15. The van der Waals surface area contributed by atoms with Crippen molar-refractivity contribution in [2.75, 3.05) is 5.32 Å². The van der Waals surface area contributed by atoms with Crippen LogP contribution in [0, 0.1) is 0 Å². The molecule has 0 saturated carbocycles. The van der Waals surface area contributed by atoms with E-state index in [4.69, 9.17) is 0 Å². The van der Waals surface area contributed by atoms with Crippen LogP contribution in [0.15, 0.2) is 71.8 Å². The van der Waals surface area contributed by atoms with Gasteiger partial charge in [0.15, 0.2) is 5.13 Å². The molecule has 0 fully saturated rings. The van der Waals surface area contributed by atoms with Crippen molar-refractivity contribution in [3.8, 4) is 11.4 Å². The van der Waals surface area contributed by atoms with Gasteiger partial charge in [0.05, 0.1) is 15.9 Å². The van der Waals surface area contributed by atoms with Gasteiger partial charge in [0.1, 0.15) is 10.7 Å². The van der Waals surface area contributed by atoms with Crippen LogP contribution in [0.25, 0.3) is 27.2 Å². The molecule has 0 aliphatic heterocycles. The Morgan fingerprint density at radius 2 is 1.89 bits per heavy atom. The van der Waals surface area contributed by atoms with Gasteiger partial charge in [-0.2, -0.15) is 0 Å². The Labute approximate surface area is 169 Å². The predicted octanol–water partition coefficient (Wildman–Crippen LogP) is 5.17. The van der Waals surface area contributed by atoms with E-state index in [1.165, 1.54) is 11.3 Å². The zero-order valence-corrected chi connectivity index (χ0v) is 16.3. The number of allylic oxidation sites excluding steroid dienone is 3. The Morgan fingerprint density at radius 3 is 2.75 bits per heavy atom. The largest absolute Gasteiger partial charge is 0.298 e. The van der Waals surface area contributed by atoms with E-state index in [2.05, 4.69) is 26.3 Å². The van der Waals surface area contributed by atoms with Crippen molar-refractivity contribution in [2.45, 2.75) is 6.42 Å². The van der Waals surface area contributed by atoms with Crippen LogP contribution in [0.1, 0.15) is 11.4 Å². The van der Waals surface area contributed by atoms with E-state index >= 15 is 0 Å². The van der Waals surface area contributed by atoms with Crippen molar-refractivity contribution in [2.24, 2.45) is 0 Å². The van der Waals surface area contributed by atoms with Crippen LogP contribution in [0.3, 0.4) is 0 Å². The summed E-state index contributed by atoms with van der Waals surface area (Å²) in [6.45, 7) is 0. The molecule has 1 amide bonds. The number of carbonyl (C=O) groups is 1. The van der Waals surface area contributed by atoms with Gasteiger partial charge < -0.3 is 0 Å². The number of fused-ring (bicyclic) bond motifs is 1. The minimum Gasteiger partial charge on any atom is -0.298 e. The number of amides is 1. The lowest BCUT2D eigenvalue weighted by molar-refractivity contribution is -0.112. The van der Waals surface area contributed by atoms with Crippen LogP contribution in [-0.4, -0.2) is 20.9 Å². The molecule has 0 bridgehead atoms. The zero-order valence-electron chi connectivity index (χ0n) is 14.6. The standard InChI is InChI=1S/C21H14N4OS2/c26-19(25-21-24-17(12-27-21)15-5-3-4-10-22-15)13-8-9-14(11-13)20-23-16-6-1-2-7-18(16)28-20/h1-10,12H,11H2,(H,24,25,26). The molecule has 3 aromatic heterocycles. The number of para-hydroxylation sites is 1. The number of hydrogen-bond donors (Lipinski definition) is 1. The molecule has 1 aliphatic carbocycles. The molecule has 28 heavy (non-hydrogen) atoms. The maximum Gasteiger partial charge on any atom is 0.253 e. The van der Waals surface area contributed by atoms with Gasteiger partial charge in [-0.3, -0.25) is 15.1 Å². The molecule has 0 radical (unpaired) electrons. The second-order valence-electron chi connectivity index (χ2n) is 6.25. The van der Waals surface area contributed by atoms with E-state index in [-0.39, 0.29) is 5.91 Å². The highest BCUT2D eigenvalue weighted by atomic mass is 32.1. The highest BCUT2D eigenvalue weighted by molar-refractivity contribution is 7.19. The summed E-state index contributed by atoms with van der Waals surface area (Å²) < 4.78 is 1.15. The van der Waals surface area contributed by atoms with E-state index in [0.29, 0.717) is 17.1 Å². The fourth-order valence-electron chi connectivity index (χ4n) is 2.98. The molecule has 0 spiro atoms. The topological polar surface area (TPSA) is 67.8 Å². The Balaban J connectivity index is 1.27. The first-order valence-electron chi connectivity index (χ1n) is 8.70. The first-order valence-corrected chi connectivity index (χ1v) is 10.4. The third-order valence-corrected chi connectivity index (χ3v) is 6.25. The normalized spacial score (nSPS) is 13.4. The highest BCUT2D eigenvalue weighted by Gasteiger charge is 2.20. The summed E-state index contributed by atoms with van der Waals surface area (Å²) in [5.74, 6) is -0.130. The van der Waals surface area contributed by atoms with Gasteiger partial charge in [0.25, 0.3) is 5.91 Å². The Bertz CT molecular complexity index is 1200. The second kappa shape index (κ2) is 7.10. The number of pyridine rings is 1. The average Bonchev–Trinajstić information content (AvgIpc) is 3.47. The molecule has 7 heteroatoms. The van der Waals surface area contributed by atoms with Crippen LogP contribution >= 0.6 is 22.7 Å². The SMILES string of the molecule is O=C(Nc1nc(-c2ccccn2)cs1)C1=CC=C(c2nc3ccccc3s2)C1. The second-order valence-corrected chi connectivity index (χ2v) is 8.14. The smallest absolute Gasteiger partial charge is 0.253 e.